The molecule has 25 heavy (non-hydrogen) atoms. The van der Waals surface area contributed by atoms with Crippen LogP contribution in [0.3, 0.4) is 0 Å². The van der Waals surface area contributed by atoms with Crippen LogP contribution in [0.4, 0.5) is 13.2 Å². The highest BCUT2D eigenvalue weighted by molar-refractivity contribution is 5.79. The van der Waals surface area contributed by atoms with Gasteiger partial charge >= 0.3 is 6.18 Å². The Kier molecular flexibility index (Phi) is 7.52. The fourth-order valence-electron chi connectivity index (χ4n) is 2.61. The van der Waals surface area contributed by atoms with E-state index >= 15 is 0 Å². The lowest BCUT2D eigenvalue weighted by molar-refractivity contribution is -0.132. The molecule has 0 radical (unpaired) electrons. The summed E-state index contributed by atoms with van der Waals surface area (Å²) in [5, 5.41) is 5.77. The number of rotatable bonds is 6. The number of benzene rings is 1. The largest absolute Gasteiger partial charge is 0.390 e. The van der Waals surface area contributed by atoms with Crippen molar-refractivity contribution in [2.24, 2.45) is 4.99 Å². The average Bonchev–Trinajstić information content (AvgIpc) is 2.59. The fraction of sp³-hybridized carbons (Fsp3) is 0.588. The van der Waals surface area contributed by atoms with Gasteiger partial charge in [0.15, 0.2) is 5.96 Å². The topological polar surface area (TPSA) is 48.9 Å². The van der Waals surface area contributed by atoms with Crippen LogP contribution in [-0.4, -0.2) is 56.9 Å². The Balaban J connectivity index is 1.86. The molecule has 0 spiro atoms. The van der Waals surface area contributed by atoms with Gasteiger partial charge in [0.1, 0.15) is 0 Å². The van der Waals surface area contributed by atoms with Gasteiger partial charge in [0.2, 0.25) is 0 Å². The number of aliphatic imine (C=N–C) groups is 1. The molecule has 0 saturated carbocycles. The van der Waals surface area contributed by atoms with E-state index in [1.54, 1.807) is 7.05 Å². The first-order chi connectivity index (χ1) is 12.0. The Labute approximate surface area is 146 Å². The monoisotopic (exact) mass is 358 g/mol. The lowest BCUT2D eigenvalue weighted by Crippen LogP contribution is -2.39. The smallest absolute Gasteiger partial charge is 0.379 e. The second-order valence-corrected chi connectivity index (χ2v) is 5.87. The molecule has 5 nitrogen and oxygen atoms in total. The second-order valence-electron chi connectivity index (χ2n) is 5.87. The Bertz CT molecular complexity index is 557. The van der Waals surface area contributed by atoms with E-state index in [9.17, 15) is 13.2 Å². The maximum atomic E-state index is 12.2. The van der Waals surface area contributed by atoms with Gasteiger partial charge in [0.05, 0.1) is 19.6 Å². The molecule has 1 heterocycles. The van der Waals surface area contributed by atoms with Crippen LogP contribution in [0.2, 0.25) is 0 Å². The van der Waals surface area contributed by atoms with E-state index in [1.807, 2.05) is 18.2 Å². The number of nitrogens with one attached hydrogen (secondary N) is 2. The van der Waals surface area contributed by atoms with Gasteiger partial charge in [0.25, 0.3) is 0 Å². The third kappa shape index (κ3) is 7.31. The van der Waals surface area contributed by atoms with Gasteiger partial charge in [-0.3, -0.25) is 9.89 Å². The third-order valence-corrected chi connectivity index (χ3v) is 3.99. The van der Waals surface area contributed by atoms with E-state index in [2.05, 4.69) is 26.6 Å². The summed E-state index contributed by atoms with van der Waals surface area (Å²) in [7, 11) is 1.54. The van der Waals surface area contributed by atoms with E-state index in [-0.39, 0.29) is 6.54 Å². The summed E-state index contributed by atoms with van der Waals surface area (Å²) in [5.74, 6) is 0.366. The normalized spacial score (nSPS) is 16.7. The summed E-state index contributed by atoms with van der Waals surface area (Å²) in [6, 6.07) is 8.05. The average molecular weight is 358 g/mol. The zero-order chi connectivity index (χ0) is 18.1. The molecule has 0 aromatic heterocycles. The van der Waals surface area contributed by atoms with E-state index in [0.717, 1.165) is 38.4 Å². The van der Waals surface area contributed by atoms with Crippen LogP contribution < -0.4 is 10.6 Å². The van der Waals surface area contributed by atoms with Crippen molar-refractivity contribution in [2.75, 3.05) is 39.9 Å². The number of halogens is 3. The van der Waals surface area contributed by atoms with Crippen molar-refractivity contribution in [3.63, 3.8) is 0 Å². The van der Waals surface area contributed by atoms with Crippen LogP contribution in [0.25, 0.3) is 0 Å². The first-order valence-electron chi connectivity index (χ1n) is 8.36. The SMILES string of the molecule is CN=C(NCCC(F)(F)F)NCc1ccccc1CN1CCOCC1. The summed E-state index contributed by atoms with van der Waals surface area (Å²) >= 11 is 0. The molecule has 1 fully saturated rings. The molecule has 0 bridgehead atoms. The molecule has 0 amide bonds. The maximum Gasteiger partial charge on any atom is 0.390 e. The molecule has 140 valence electrons. The molecule has 0 aliphatic carbocycles. The van der Waals surface area contributed by atoms with Crippen molar-refractivity contribution in [2.45, 2.75) is 25.7 Å². The predicted octanol–water partition coefficient (Wildman–Crippen LogP) is 2.14. The van der Waals surface area contributed by atoms with Crippen LogP contribution in [0.1, 0.15) is 17.5 Å². The maximum absolute atomic E-state index is 12.2. The van der Waals surface area contributed by atoms with Crippen molar-refractivity contribution in [3.05, 3.63) is 35.4 Å². The van der Waals surface area contributed by atoms with Crippen LogP contribution in [0.5, 0.6) is 0 Å². The van der Waals surface area contributed by atoms with E-state index < -0.39 is 12.6 Å². The van der Waals surface area contributed by atoms with Gasteiger partial charge in [-0.05, 0) is 11.1 Å². The summed E-state index contributed by atoms with van der Waals surface area (Å²) in [4.78, 5) is 6.30. The quantitative estimate of drug-likeness (QED) is 0.604. The van der Waals surface area contributed by atoms with Crippen LogP contribution in [0.15, 0.2) is 29.3 Å². The molecule has 1 aromatic carbocycles. The molecule has 8 heteroatoms. The van der Waals surface area contributed by atoms with E-state index in [4.69, 9.17) is 4.74 Å². The Morgan fingerprint density at radius 3 is 2.48 bits per heavy atom. The molecule has 1 saturated heterocycles. The van der Waals surface area contributed by atoms with Gasteiger partial charge in [0, 0.05) is 39.8 Å². The molecule has 2 N–H and O–H groups in total. The van der Waals surface area contributed by atoms with Crippen molar-refractivity contribution in [1.82, 2.24) is 15.5 Å². The zero-order valence-corrected chi connectivity index (χ0v) is 14.4. The van der Waals surface area contributed by atoms with Crippen molar-refractivity contribution in [3.8, 4) is 0 Å². The first kappa shape index (κ1) is 19.5. The number of ether oxygens (including phenoxy) is 1. The highest BCUT2D eigenvalue weighted by Crippen LogP contribution is 2.18. The summed E-state index contributed by atoms with van der Waals surface area (Å²) in [5.41, 5.74) is 2.30. The van der Waals surface area contributed by atoms with E-state index in [0.29, 0.717) is 12.5 Å². The summed E-state index contributed by atoms with van der Waals surface area (Å²) in [6.45, 7) is 4.45. The Hall–Kier alpha value is -1.80. The third-order valence-electron chi connectivity index (χ3n) is 3.99. The Morgan fingerprint density at radius 1 is 1.16 bits per heavy atom. The molecular formula is C17H25F3N4O. The van der Waals surface area contributed by atoms with Crippen LogP contribution in [-0.2, 0) is 17.8 Å². The number of guanidine groups is 1. The van der Waals surface area contributed by atoms with Crippen molar-refractivity contribution in [1.29, 1.82) is 0 Å². The molecule has 2 rings (SSSR count). The predicted molar refractivity (Wildman–Crippen MR) is 91.4 cm³/mol. The van der Waals surface area contributed by atoms with Crippen molar-refractivity contribution < 1.29 is 17.9 Å². The number of hydrogen-bond donors (Lipinski definition) is 2. The molecule has 1 aromatic rings. The number of morpholine rings is 1. The molecular weight excluding hydrogens is 333 g/mol. The van der Waals surface area contributed by atoms with Gasteiger partial charge < -0.3 is 15.4 Å². The first-order valence-corrected chi connectivity index (χ1v) is 8.36. The van der Waals surface area contributed by atoms with Crippen molar-refractivity contribution >= 4 is 5.96 Å². The Morgan fingerprint density at radius 2 is 1.84 bits per heavy atom. The standard InChI is InChI=1S/C17H25F3N4O/c1-21-16(22-7-6-17(18,19)20)23-12-14-4-2-3-5-15(14)13-24-8-10-25-11-9-24/h2-5H,6-13H2,1H3,(H2,21,22,23). The van der Waals surface area contributed by atoms with Gasteiger partial charge in [-0.1, -0.05) is 24.3 Å². The van der Waals surface area contributed by atoms with Crippen LogP contribution in [0, 0.1) is 0 Å². The minimum Gasteiger partial charge on any atom is -0.379 e. The lowest BCUT2D eigenvalue weighted by Gasteiger charge is -2.27. The van der Waals surface area contributed by atoms with Crippen LogP contribution >= 0.6 is 0 Å². The molecule has 0 unspecified atom stereocenters. The number of alkyl halides is 3. The minimum atomic E-state index is -4.17. The van der Waals surface area contributed by atoms with E-state index in [1.165, 1.54) is 5.56 Å². The van der Waals surface area contributed by atoms with Gasteiger partial charge in [-0.25, -0.2) is 0 Å². The zero-order valence-electron chi connectivity index (χ0n) is 14.4. The highest BCUT2D eigenvalue weighted by Gasteiger charge is 2.26. The summed E-state index contributed by atoms with van der Waals surface area (Å²) < 4.78 is 42.0. The summed E-state index contributed by atoms with van der Waals surface area (Å²) in [6.07, 6.45) is -5.06. The minimum absolute atomic E-state index is 0.196. The molecule has 1 aliphatic heterocycles. The number of nitrogens with zero attached hydrogens (tertiary/aromatic N) is 2. The van der Waals surface area contributed by atoms with Gasteiger partial charge in [-0.15, -0.1) is 0 Å². The fourth-order valence-corrected chi connectivity index (χ4v) is 2.61. The molecule has 1 aliphatic rings. The lowest BCUT2D eigenvalue weighted by atomic mass is 10.1. The molecule has 0 atom stereocenters. The highest BCUT2D eigenvalue weighted by atomic mass is 19.4. The van der Waals surface area contributed by atoms with Gasteiger partial charge in [-0.2, -0.15) is 13.2 Å². The second kappa shape index (κ2) is 9.62. The number of hydrogen-bond acceptors (Lipinski definition) is 3.